The Balaban J connectivity index is 1.63. The number of fused-ring (bicyclic) bond motifs is 1. The Hall–Kier alpha value is -3.67. The zero-order valence-corrected chi connectivity index (χ0v) is 14.7. The Bertz CT molecular complexity index is 1090. The normalized spacial score (nSPS) is 15.7. The number of anilines is 2. The van der Waals surface area contributed by atoms with Gasteiger partial charge < -0.3 is 10.3 Å². The van der Waals surface area contributed by atoms with Gasteiger partial charge in [0.05, 0.1) is 12.1 Å². The standard InChI is InChI=1S/C21H17N3O3/c1-13(25)23-16-6-8-17(9-7-16)24-20(26)11-14(21(24)27)10-15-12-22-19-5-3-2-4-18(15)19/h2-10,12,22H,11H2,1H3,(H,23,25)/b14-10-. The second-order valence-electron chi connectivity index (χ2n) is 6.40. The van der Waals surface area contributed by atoms with Gasteiger partial charge in [0.2, 0.25) is 11.8 Å². The Labute approximate surface area is 155 Å². The third-order valence-electron chi connectivity index (χ3n) is 4.47. The lowest BCUT2D eigenvalue weighted by molar-refractivity contribution is -0.120. The van der Waals surface area contributed by atoms with Gasteiger partial charge in [0, 0.05) is 40.8 Å². The average Bonchev–Trinajstić information content (AvgIpc) is 3.17. The summed E-state index contributed by atoms with van der Waals surface area (Å²) in [4.78, 5) is 40.7. The maximum absolute atomic E-state index is 12.8. The molecule has 1 fully saturated rings. The molecule has 1 aliphatic rings. The molecule has 0 unspecified atom stereocenters. The highest BCUT2D eigenvalue weighted by molar-refractivity contribution is 6.29. The van der Waals surface area contributed by atoms with Crippen LogP contribution in [0.1, 0.15) is 18.9 Å². The van der Waals surface area contributed by atoms with Gasteiger partial charge in [-0.05, 0) is 36.4 Å². The molecule has 4 rings (SSSR count). The van der Waals surface area contributed by atoms with Crippen LogP contribution in [0.4, 0.5) is 11.4 Å². The number of hydrogen-bond donors (Lipinski definition) is 2. The average molecular weight is 359 g/mol. The van der Waals surface area contributed by atoms with E-state index < -0.39 is 0 Å². The number of aromatic amines is 1. The topological polar surface area (TPSA) is 82.3 Å². The molecule has 0 bridgehead atoms. The van der Waals surface area contributed by atoms with E-state index in [9.17, 15) is 14.4 Å². The van der Waals surface area contributed by atoms with E-state index in [2.05, 4.69) is 10.3 Å². The van der Waals surface area contributed by atoms with E-state index in [1.54, 1.807) is 30.3 Å². The lowest BCUT2D eigenvalue weighted by atomic mass is 10.1. The van der Waals surface area contributed by atoms with Crippen LogP contribution in [0.3, 0.4) is 0 Å². The van der Waals surface area contributed by atoms with E-state index in [0.29, 0.717) is 16.9 Å². The van der Waals surface area contributed by atoms with Crippen molar-refractivity contribution in [2.75, 3.05) is 10.2 Å². The van der Waals surface area contributed by atoms with Crippen molar-refractivity contribution < 1.29 is 14.4 Å². The number of rotatable bonds is 3. The molecule has 1 saturated heterocycles. The van der Waals surface area contributed by atoms with Gasteiger partial charge in [-0.1, -0.05) is 18.2 Å². The number of amides is 3. The Morgan fingerprint density at radius 3 is 2.59 bits per heavy atom. The van der Waals surface area contributed by atoms with Crippen LogP contribution in [0.25, 0.3) is 17.0 Å². The van der Waals surface area contributed by atoms with Crippen LogP contribution >= 0.6 is 0 Å². The summed E-state index contributed by atoms with van der Waals surface area (Å²) < 4.78 is 0. The summed E-state index contributed by atoms with van der Waals surface area (Å²) in [7, 11) is 0. The maximum Gasteiger partial charge on any atom is 0.261 e. The fourth-order valence-corrected chi connectivity index (χ4v) is 3.25. The molecule has 2 N–H and O–H groups in total. The third kappa shape index (κ3) is 3.13. The first-order valence-corrected chi connectivity index (χ1v) is 8.54. The number of nitrogens with one attached hydrogen (secondary N) is 2. The van der Waals surface area contributed by atoms with Crippen LogP contribution in [-0.2, 0) is 14.4 Å². The second-order valence-corrected chi connectivity index (χ2v) is 6.40. The number of hydrogen-bond acceptors (Lipinski definition) is 3. The first-order valence-electron chi connectivity index (χ1n) is 8.54. The van der Waals surface area contributed by atoms with E-state index >= 15 is 0 Å². The van der Waals surface area contributed by atoms with Gasteiger partial charge >= 0.3 is 0 Å². The molecular weight excluding hydrogens is 342 g/mol. The predicted molar refractivity (Wildman–Crippen MR) is 104 cm³/mol. The predicted octanol–water partition coefficient (Wildman–Crippen LogP) is 3.47. The molecule has 0 atom stereocenters. The highest BCUT2D eigenvalue weighted by atomic mass is 16.2. The number of aromatic nitrogens is 1. The zero-order chi connectivity index (χ0) is 19.0. The quantitative estimate of drug-likeness (QED) is 0.555. The smallest absolute Gasteiger partial charge is 0.261 e. The minimum Gasteiger partial charge on any atom is -0.361 e. The molecule has 6 nitrogen and oxygen atoms in total. The van der Waals surface area contributed by atoms with E-state index in [0.717, 1.165) is 16.5 Å². The number of imide groups is 1. The van der Waals surface area contributed by atoms with Gasteiger partial charge in [-0.3, -0.25) is 14.4 Å². The van der Waals surface area contributed by atoms with Crippen LogP contribution in [0, 0.1) is 0 Å². The summed E-state index contributed by atoms with van der Waals surface area (Å²) in [6, 6.07) is 14.4. The fourth-order valence-electron chi connectivity index (χ4n) is 3.25. The molecule has 0 radical (unpaired) electrons. The van der Waals surface area contributed by atoms with Crippen molar-refractivity contribution in [3.8, 4) is 0 Å². The summed E-state index contributed by atoms with van der Waals surface area (Å²) in [5.74, 6) is -0.768. The van der Waals surface area contributed by atoms with Gasteiger partial charge in [0.25, 0.3) is 5.91 Å². The molecule has 27 heavy (non-hydrogen) atoms. The maximum atomic E-state index is 12.8. The summed E-state index contributed by atoms with van der Waals surface area (Å²) in [5, 5.41) is 3.66. The van der Waals surface area contributed by atoms with Crippen molar-refractivity contribution in [1.82, 2.24) is 4.98 Å². The molecule has 6 heteroatoms. The Morgan fingerprint density at radius 1 is 1.11 bits per heavy atom. The van der Waals surface area contributed by atoms with Crippen molar-refractivity contribution in [1.29, 1.82) is 0 Å². The summed E-state index contributed by atoms with van der Waals surface area (Å²) in [6.45, 7) is 1.42. The van der Waals surface area contributed by atoms with E-state index in [4.69, 9.17) is 0 Å². The molecule has 2 aromatic carbocycles. The molecular formula is C21H17N3O3. The molecule has 1 aromatic heterocycles. The number of H-pyrrole nitrogens is 1. The first kappa shape index (κ1) is 16.8. The number of nitrogens with zero attached hydrogens (tertiary/aromatic N) is 1. The molecule has 3 amide bonds. The van der Waals surface area contributed by atoms with Crippen LogP contribution in [0.5, 0.6) is 0 Å². The molecule has 3 aromatic rings. The summed E-state index contributed by atoms with van der Waals surface area (Å²) in [6.07, 6.45) is 3.66. The molecule has 0 spiro atoms. The van der Waals surface area contributed by atoms with Crippen LogP contribution in [0.2, 0.25) is 0 Å². The van der Waals surface area contributed by atoms with Crippen LogP contribution < -0.4 is 10.2 Å². The number of carbonyl (C=O) groups excluding carboxylic acids is 3. The minimum atomic E-state index is -0.322. The lowest BCUT2D eigenvalue weighted by Crippen LogP contribution is -2.28. The van der Waals surface area contributed by atoms with Gasteiger partial charge in [-0.15, -0.1) is 0 Å². The van der Waals surface area contributed by atoms with Gasteiger partial charge in [-0.25, -0.2) is 4.90 Å². The zero-order valence-electron chi connectivity index (χ0n) is 14.7. The highest BCUT2D eigenvalue weighted by Gasteiger charge is 2.35. The molecule has 0 aliphatic carbocycles. The SMILES string of the molecule is CC(=O)Nc1ccc(N2C(=O)C/C(=C/c3c[nH]c4ccccc34)C2=O)cc1. The number of carbonyl (C=O) groups is 3. The Kier molecular flexibility index (Phi) is 4.08. The van der Waals surface area contributed by atoms with Crippen molar-refractivity contribution in [3.63, 3.8) is 0 Å². The van der Waals surface area contributed by atoms with Crippen molar-refractivity contribution in [2.45, 2.75) is 13.3 Å². The highest BCUT2D eigenvalue weighted by Crippen LogP contribution is 2.29. The third-order valence-corrected chi connectivity index (χ3v) is 4.47. The fraction of sp³-hybridized carbons (Fsp3) is 0.0952. The largest absolute Gasteiger partial charge is 0.361 e. The van der Waals surface area contributed by atoms with E-state index in [1.807, 2.05) is 30.5 Å². The minimum absolute atomic E-state index is 0.0613. The Morgan fingerprint density at radius 2 is 1.85 bits per heavy atom. The first-order chi connectivity index (χ1) is 13.0. The molecule has 2 heterocycles. The van der Waals surface area contributed by atoms with E-state index in [-0.39, 0.29) is 24.1 Å². The summed E-state index contributed by atoms with van der Waals surface area (Å²) in [5.41, 5.74) is 3.41. The monoisotopic (exact) mass is 359 g/mol. The molecule has 1 aliphatic heterocycles. The van der Waals surface area contributed by atoms with E-state index in [1.165, 1.54) is 11.8 Å². The number of benzene rings is 2. The van der Waals surface area contributed by atoms with Crippen molar-refractivity contribution >= 4 is 46.1 Å². The second kappa shape index (κ2) is 6.57. The van der Waals surface area contributed by atoms with Gasteiger partial charge in [0.1, 0.15) is 0 Å². The van der Waals surface area contributed by atoms with Crippen LogP contribution in [-0.4, -0.2) is 22.7 Å². The van der Waals surface area contributed by atoms with Crippen LogP contribution in [0.15, 0.2) is 60.3 Å². The van der Waals surface area contributed by atoms with Gasteiger partial charge in [-0.2, -0.15) is 0 Å². The van der Waals surface area contributed by atoms with Gasteiger partial charge in [0.15, 0.2) is 0 Å². The van der Waals surface area contributed by atoms with Crippen molar-refractivity contribution in [2.24, 2.45) is 0 Å². The number of para-hydroxylation sites is 1. The molecule has 0 saturated carbocycles. The molecule has 134 valence electrons. The van der Waals surface area contributed by atoms with Crippen molar-refractivity contribution in [3.05, 3.63) is 65.9 Å². The summed E-state index contributed by atoms with van der Waals surface area (Å²) >= 11 is 0. The lowest BCUT2D eigenvalue weighted by Gasteiger charge is -2.14.